The number of aryl methyl sites for hydroxylation is 2. The third kappa shape index (κ3) is 3.44. The fourth-order valence-electron chi connectivity index (χ4n) is 2.55. The molecule has 0 aliphatic carbocycles. The summed E-state index contributed by atoms with van der Waals surface area (Å²) in [6.07, 6.45) is -1.07. The molecule has 0 aliphatic rings. The average Bonchev–Trinajstić information content (AvgIpc) is 2.95. The Kier molecular flexibility index (Phi) is 4.75. The molecule has 1 amide bonds. The number of hydrogen-bond acceptors (Lipinski definition) is 4. The van der Waals surface area contributed by atoms with Crippen molar-refractivity contribution in [2.75, 3.05) is 5.32 Å². The van der Waals surface area contributed by atoms with Gasteiger partial charge in [-0.1, -0.05) is 24.3 Å². The first-order chi connectivity index (χ1) is 12.4. The molecule has 134 valence electrons. The molecule has 1 aromatic heterocycles. The Balaban J connectivity index is 1.70. The summed E-state index contributed by atoms with van der Waals surface area (Å²) < 4.78 is 24.3. The highest BCUT2D eigenvalue weighted by Crippen LogP contribution is 2.25. The van der Waals surface area contributed by atoms with Crippen molar-refractivity contribution in [2.24, 2.45) is 0 Å². The Hall–Kier alpha value is -3.15. The van der Waals surface area contributed by atoms with Gasteiger partial charge in [0.2, 0.25) is 5.76 Å². The number of esters is 1. The lowest BCUT2D eigenvalue weighted by Gasteiger charge is -2.13. The minimum absolute atomic E-state index is 0.0623. The molecule has 0 spiro atoms. The monoisotopic (exact) mass is 355 g/mol. The number of carbonyl (C=O) groups excluding carboxylic acids is 2. The van der Waals surface area contributed by atoms with E-state index in [2.05, 4.69) is 5.32 Å². The van der Waals surface area contributed by atoms with E-state index >= 15 is 0 Å². The Morgan fingerprint density at radius 2 is 1.88 bits per heavy atom. The van der Waals surface area contributed by atoms with Crippen LogP contribution in [0, 0.1) is 19.7 Å². The summed E-state index contributed by atoms with van der Waals surface area (Å²) in [4.78, 5) is 24.5. The van der Waals surface area contributed by atoms with E-state index in [1.54, 1.807) is 38.1 Å². The maximum Gasteiger partial charge on any atom is 0.375 e. The molecule has 1 atom stereocenters. The van der Waals surface area contributed by atoms with Crippen LogP contribution in [0.4, 0.5) is 10.1 Å². The summed E-state index contributed by atoms with van der Waals surface area (Å²) in [6, 6.07) is 11.6. The number of carbonyl (C=O) groups is 2. The predicted molar refractivity (Wildman–Crippen MR) is 95.6 cm³/mol. The van der Waals surface area contributed by atoms with Crippen molar-refractivity contribution in [3.8, 4) is 0 Å². The molecule has 0 unspecified atom stereocenters. The van der Waals surface area contributed by atoms with Crippen molar-refractivity contribution < 1.29 is 23.1 Å². The van der Waals surface area contributed by atoms with Crippen molar-refractivity contribution in [2.45, 2.75) is 26.9 Å². The van der Waals surface area contributed by atoms with Crippen LogP contribution < -0.4 is 5.32 Å². The van der Waals surface area contributed by atoms with E-state index in [9.17, 15) is 14.0 Å². The third-order valence-corrected chi connectivity index (χ3v) is 4.12. The summed E-state index contributed by atoms with van der Waals surface area (Å²) in [5.41, 5.74) is 1.99. The first-order valence-corrected chi connectivity index (χ1v) is 8.13. The van der Waals surface area contributed by atoms with Crippen LogP contribution in [-0.2, 0) is 9.53 Å². The van der Waals surface area contributed by atoms with Gasteiger partial charge in [-0.05, 0) is 44.5 Å². The number of hydrogen-bond donors (Lipinski definition) is 1. The number of benzene rings is 2. The topological polar surface area (TPSA) is 68.5 Å². The van der Waals surface area contributed by atoms with Gasteiger partial charge in [-0.3, -0.25) is 4.79 Å². The average molecular weight is 355 g/mol. The second kappa shape index (κ2) is 7.00. The molecule has 2 aromatic carbocycles. The molecule has 3 rings (SSSR count). The highest BCUT2D eigenvalue weighted by Gasteiger charge is 2.24. The van der Waals surface area contributed by atoms with Crippen LogP contribution in [0.2, 0.25) is 0 Å². The summed E-state index contributed by atoms with van der Waals surface area (Å²) in [6.45, 7) is 4.82. The van der Waals surface area contributed by atoms with E-state index in [-0.39, 0.29) is 5.76 Å². The lowest BCUT2D eigenvalue weighted by Crippen LogP contribution is -2.30. The predicted octanol–water partition coefficient (Wildman–Crippen LogP) is 4.37. The van der Waals surface area contributed by atoms with Crippen molar-refractivity contribution >= 4 is 28.5 Å². The van der Waals surface area contributed by atoms with Crippen molar-refractivity contribution in [1.82, 2.24) is 0 Å². The number of fused-ring (bicyclic) bond motifs is 1. The van der Waals surface area contributed by atoms with Gasteiger partial charge in [-0.15, -0.1) is 0 Å². The summed E-state index contributed by atoms with van der Waals surface area (Å²) >= 11 is 0. The van der Waals surface area contributed by atoms with Gasteiger partial charge >= 0.3 is 5.97 Å². The Morgan fingerprint density at radius 1 is 1.15 bits per heavy atom. The van der Waals surface area contributed by atoms with Crippen molar-refractivity contribution in [1.29, 1.82) is 0 Å². The maximum atomic E-state index is 13.6. The van der Waals surface area contributed by atoms with E-state index in [0.717, 1.165) is 5.39 Å². The first-order valence-electron chi connectivity index (χ1n) is 8.13. The second-order valence-electron chi connectivity index (χ2n) is 6.05. The van der Waals surface area contributed by atoms with Gasteiger partial charge in [-0.2, -0.15) is 0 Å². The van der Waals surface area contributed by atoms with Crippen LogP contribution in [0.5, 0.6) is 0 Å². The largest absolute Gasteiger partial charge is 0.449 e. The molecule has 1 heterocycles. The molecule has 5 nitrogen and oxygen atoms in total. The van der Waals surface area contributed by atoms with Crippen LogP contribution >= 0.6 is 0 Å². The van der Waals surface area contributed by atoms with E-state index in [1.165, 1.54) is 13.0 Å². The Morgan fingerprint density at radius 3 is 2.58 bits per heavy atom. The molecule has 6 heteroatoms. The zero-order valence-corrected chi connectivity index (χ0v) is 14.6. The van der Waals surface area contributed by atoms with Gasteiger partial charge in [0.15, 0.2) is 6.10 Å². The first kappa shape index (κ1) is 17.7. The van der Waals surface area contributed by atoms with Crippen LogP contribution in [0.15, 0.2) is 46.9 Å². The Bertz CT molecular complexity index is 993. The molecule has 0 radical (unpaired) electrons. The van der Waals surface area contributed by atoms with E-state index in [1.807, 2.05) is 12.1 Å². The van der Waals surface area contributed by atoms with Crippen LogP contribution in [0.3, 0.4) is 0 Å². The highest BCUT2D eigenvalue weighted by molar-refractivity contribution is 5.99. The van der Waals surface area contributed by atoms with Gasteiger partial charge in [0.05, 0.1) is 0 Å². The molecule has 0 saturated heterocycles. The number of furan rings is 1. The fourth-order valence-corrected chi connectivity index (χ4v) is 2.55. The molecule has 0 fully saturated rings. The molecular weight excluding hydrogens is 337 g/mol. The number of anilines is 1. The van der Waals surface area contributed by atoms with E-state index in [4.69, 9.17) is 9.15 Å². The Labute approximate surface area is 149 Å². The number of halogens is 1. The van der Waals surface area contributed by atoms with Crippen LogP contribution in [0.1, 0.15) is 28.6 Å². The smallest absolute Gasteiger partial charge is 0.375 e. The van der Waals surface area contributed by atoms with Crippen molar-refractivity contribution in [3.63, 3.8) is 0 Å². The SMILES string of the molecule is Cc1ccc(NC(=O)[C@@H](C)OC(=O)c2oc3ccccc3c2C)cc1F. The van der Waals surface area contributed by atoms with Crippen LogP contribution in [-0.4, -0.2) is 18.0 Å². The zero-order chi connectivity index (χ0) is 18.8. The molecule has 26 heavy (non-hydrogen) atoms. The number of para-hydroxylation sites is 1. The van der Waals surface area contributed by atoms with E-state index in [0.29, 0.717) is 22.4 Å². The number of nitrogens with one attached hydrogen (secondary N) is 1. The maximum absolute atomic E-state index is 13.6. The molecule has 0 bridgehead atoms. The minimum Gasteiger partial charge on any atom is -0.449 e. The number of rotatable bonds is 4. The molecule has 3 aromatic rings. The highest BCUT2D eigenvalue weighted by atomic mass is 19.1. The summed E-state index contributed by atoms with van der Waals surface area (Å²) in [5.74, 6) is -1.65. The van der Waals surface area contributed by atoms with Gasteiger partial charge in [0, 0.05) is 16.6 Å². The molecule has 0 saturated carbocycles. The third-order valence-electron chi connectivity index (χ3n) is 4.12. The summed E-state index contributed by atoms with van der Waals surface area (Å²) in [5, 5.41) is 3.33. The van der Waals surface area contributed by atoms with Gasteiger partial charge < -0.3 is 14.5 Å². The van der Waals surface area contributed by atoms with Gasteiger partial charge in [0.25, 0.3) is 5.91 Å². The standard InChI is InChI=1S/C20H18FNO4/c1-11-8-9-14(10-16(11)21)22-19(23)13(3)25-20(24)18-12(2)15-6-4-5-7-17(15)26-18/h4-10,13H,1-3H3,(H,22,23)/t13-/m1/s1. The summed E-state index contributed by atoms with van der Waals surface area (Å²) in [7, 11) is 0. The second-order valence-corrected chi connectivity index (χ2v) is 6.05. The molecule has 1 N–H and O–H groups in total. The number of amides is 1. The number of ether oxygens (including phenoxy) is 1. The lowest BCUT2D eigenvalue weighted by atomic mass is 10.1. The fraction of sp³-hybridized carbons (Fsp3) is 0.200. The zero-order valence-electron chi connectivity index (χ0n) is 14.6. The minimum atomic E-state index is -1.07. The van der Waals surface area contributed by atoms with Gasteiger partial charge in [0.1, 0.15) is 11.4 Å². The van der Waals surface area contributed by atoms with Crippen molar-refractivity contribution in [3.05, 3.63) is 65.2 Å². The normalized spacial score (nSPS) is 12.0. The quantitative estimate of drug-likeness (QED) is 0.706. The molecular formula is C20H18FNO4. The van der Waals surface area contributed by atoms with Crippen LogP contribution in [0.25, 0.3) is 11.0 Å². The molecule has 0 aliphatic heterocycles. The lowest BCUT2D eigenvalue weighted by molar-refractivity contribution is -0.123. The van der Waals surface area contributed by atoms with E-state index < -0.39 is 23.8 Å². The van der Waals surface area contributed by atoms with Gasteiger partial charge in [-0.25, -0.2) is 9.18 Å².